The Hall–Kier alpha value is -1.02. The minimum absolute atomic E-state index is 0. The Balaban J connectivity index is 0.00000225. The number of guanidine groups is 1. The van der Waals surface area contributed by atoms with Gasteiger partial charge in [0.05, 0.1) is 6.61 Å². The van der Waals surface area contributed by atoms with Gasteiger partial charge in [0.15, 0.2) is 5.96 Å². The monoisotopic (exact) mass is 458 g/mol. The Kier molecular flexibility index (Phi) is 8.29. The second-order valence-electron chi connectivity index (χ2n) is 6.58. The molecule has 25 heavy (non-hydrogen) atoms. The topological polar surface area (TPSA) is 48.9 Å². The van der Waals surface area contributed by atoms with Crippen LogP contribution in [0.15, 0.2) is 23.2 Å². The molecule has 140 valence electrons. The molecule has 5 nitrogen and oxygen atoms in total. The molecule has 0 aromatic heterocycles. The largest absolute Gasteiger partial charge is 0.493 e. The van der Waals surface area contributed by atoms with E-state index < -0.39 is 0 Å². The molecule has 1 saturated carbocycles. The van der Waals surface area contributed by atoms with Gasteiger partial charge in [0, 0.05) is 39.1 Å². The first kappa shape index (κ1) is 20.3. The molecule has 6 heteroatoms. The number of rotatable bonds is 8. The van der Waals surface area contributed by atoms with E-state index in [0.29, 0.717) is 0 Å². The van der Waals surface area contributed by atoms with Crippen LogP contribution in [0, 0.1) is 0 Å². The van der Waals surface area contributed by atoms with Crippen LogP contribution in [0.5, 0.6) is 5.75 Å². The van der Waals surface area contributed by atoms with Crippen LogP contribution in [0.1, 0.15) is 30.9 Å². The quantitative estimate of drug-likeness (QED) is 0.357. The zero-order valence-corrected chi connectivity index (χ0v) is 17.7. The Morgan fingerprint density at radius 3 is 2.80 bits per heavy atom. The Bertz CT molecular complexity index is 575. The van der Waals surface area contributed by atoms with Gasteiger partial charge in [0.2, 0.25) is 0 Å². The van der Waals surface area contributed by atoms with Crippen LogP contribution in [0.3, 0.4) is 0 Å². The maximum Gasteiger partial charge on any atom is 0.191 e. The van der Waals surface area contributed by atoms with Crippen LogP contribution in [-0.4, -0.2) is 56.7 Å². The van der Waals surface area contributed by atoms with E-state index in [9.17, 15) is 0 Å². The summed E-state index contributed by atoms with van der Waals surface area (Å²) in [4.78, 5) is 6.86. The molecule has 3 rings (SSSR count). The van der Waals surface area contributed by atoms with Crippen LogP contribution >= 0.6 is 24.0 Å². The third-order valence-electron chi connectivity index (χ3n) is 4.84. The number of hydrogen-bond donors (Lipinski definition) is 2. The predicted octanol–water partition coefficient (Wildman–Crippen LogP) is 2.43. The van der Waals surface area contributed by atoms with Gasteiger partial charge in [0.1, 0.15) is 5.75 Å². The van der Waals surface area contributed by atoms with Crippen molar-refractivity contribution in [1.82, 2.24) is 15.5 Å². The number of aliphatic imine (C=N–C) groups is 1. The summed E-state index contributed by atoms with van der Waals surface area (Å²) in [6.45, 7) is 7.13. The van der Waals surface area contributed by atoms with Crippen LogP contribution in [0.2, 0.25) is 0 Å². The molecule has 1 aliphatic carbocycles. The van der Waals surface area contributed by atoms with Crippen molar-refractivity contribution in [3.8, 4) is 5.75 Å². The van der Waals surface area contributed by atoms with Gasteiger partial charge in [0.25, 0.3) is 0 Å². The highest BCUT2D eigenvalue weighted by Gasteiger charge is 2.27. The standard InChI is InChI=1S/C19H30N4O.HI/c1-3-23(17-5-6-17)12-11-22-19(20-2)21-10-8-15-4-7-18-16(14-15)9-13-24-18;/h4,7,14,17H,3,5-6,8-13H2,1-2H3,(H2,20,21,22);1H. The summed E-state index contributed by atoms with van der Waals surface area (Å²) < 4.78 is 5.56. The maximum absolute atomic E-state index is 5.56. The third kappa shape index (κ3) is 6.02. The second kappa shape index (κ2) is 10.2. The minimum atomic E-state index is 0. The first-order chi connectivity index (χ1) is 11.8. The molecule has 0 atom stereocenters. The molecule has 1 aromatic carbocycles. The maximum atomic E-state index is 5.56. The molecule has 0 radical (unpaired) electrons. The first-order valence-electron chi connectivity index (χ1n) is 9.23. The van der Waals surface area contributed by atoms with E-state index in [1.807, 2.05) is 7.05 Å². The molecule has 0 saturated heterocycles. The van der Waals surface area contributed by atoms with Gasteiger partial charge in [-0.1, -0.05) is 19.1 Å². The first-order valence-corrected chi connectivity index (χ1v) is 9.23. The normalized spacial score (nSPS) is 16.2. The minimum Gasteiger partial charge on any atom is -0.493 e. The lowest BCUT2D eigenvalue weighted by Crippen LogP contribution is -2.42. The average Bonchev–Trinajstić information content (AvgIpc) is 3.34. The van der Waals surface area contributed by atoms with Crippen molar-refractivity contribution in [3.05, 3.63) is 29.3 Å². The van der Waals surface area contributed by atoms with Crippen LogP contribution < -0.4 is 15.4 Å². The van der Waals surface area contributed by atoms with Crippen molar-refractivity contribution in [2.75, 3.05) is 39.8 Å². The van der Waals surface area contributed by atoms with E-state index >= 15 is 0 Å². The molecule has 1 aromatic rings. The summed E-state index contributed by atoms with van der Waals surface area (Å²) in [5, 5.41) is 6.83. The summed E-state index contributed by atoms with van der Waals surface area (Å²) in [7, 11) is 1.83. The summed E-state index contributed by atoms with van der Waals surface area (Å²) >= 11 is 0. The molecule has 1 fully saturated rings. The predicted molar refractivity (Wildman–Crippen MR) is 114 cm³/mol. The lowest BCUT2D eigenvalue weighted by Gasteiger charge is -2.20. The molecule has 1 heterocycles. The van der Waals surface area contributed by atoms with Crippen molar-refractivity contribution in [2.24, 2.45) is 4.99 Å². The highest BCUT2D eigenvalue weighted by molar-refractivity contribution is 14.0. The molecular weight excluding hydrogens is 427 g/mol. The fraction of sp³-hybridized carbons (Fsp3) is 0.632. The van der Waals surface area contributed by atoms with E-state index in [1.165, 1.54) is 24.0 Å². The smallest absolute Gasteiger partial charge is 0.191 e. The second-order valence-corrected chi connectivity index (χ2v) is 6.58. The molecule has 2 aliphatic rings. The van der Waals surface area contributed by atoms with Crippen molar-refractivity contribution in [3.63, 3.8) is 0 Å². The van der Waals surface area contributed by atoms with E-state index in [2.05, 4.69) is 45.6 Å². The van der Waals surface area contributed by atoms with Crippen LogP contribution in [-0.2, 0) is 12.8 Å². The molecule has 0 bridgehead atoms. The lowest BCUT2D eigenvalue weighted by molar-refractivity contribution is 0.282. The van der Waals surface area contributed by atoms with Crippen molar-refractivity contribution in [1.29, 1.82) is 0 Å². The summed E-state index contributed by atoms with van der Waals surface area (Å²) in [5.74, 6) is 1.95. The van der Waals surface area contributed by atoms with Gasteiger partial charge in [-0.3, -0.25) is 9.89 Å². The number of benzene rings is 1. The highest BCUT2D eigenvalue weighted by Crippen LogP contribution is 2.26. The number of ether oxygens (including phenoxy) is 1. The van der Waals surface area contributed by atoms with Crippen molar-refractivity contribution >= 4 is 29.9 Å². The van der Waals surface area contributed by atoms with Gasteiger partial charge < -0.3 is 15.4 Å². The van der Waals surface area contributed by atoms with Crippen molar-refractivity contribution < 1.29 is 4.74 Å². The van der Waals surface area contributed by atoms with E-state index in [0.717, 1.165) is 63.4 Å². The average molecular weight is 458 g/mol. The molecule has 1 aliphatic heterocycles. The Morgan fingerprint density at radius 2 is 2.08 bits per heavy atom. The van der Waals surface area contributed by atoms with Crippen molar-refractivity contribution in [2.45, 2.75) is 38.6 Å². The highest BCUT2D eigenvalue weighted by atomic mass is 127. The zero-order valence-electron chi connectivity index (χ0n) is 15.4. The molecule has 0 unspecified atom stereocenters. The fourth-order valence-electron chi connectivity index (χ4n) is 3.30. The van der Waals surface area contributed by atoms with Gasteiger partial charge in [-0.05, 0) is 43.0 Å². The zero-order chi connectivity index (χ0) is 16.8. The molecule has 0 spiro atoms. The molecule has 2 N–H and O–H groups in total. The van der Waals surface area contributed by atoms with Gasteiger partial charge in [-0.25, -0.2) is 0 Å². The van der Waals surface area contributed by atoms with Crippen LogP contribution in [0.4, 0.5) is 0 Å². The van der Waals surface area contributed by atoms with Gasteiger partial charge in [-0.15, -0.1) is 24.0 Å². The summed E-state index contributed by atoms with van der Waals surface area (Å²) in [6.07, 6.45) is 4.77. The van der Waals surface area contributed by atoms with E-state index in [-0.39, 0.29) is 24.0 Å². The molecule has 0 amide bonds. The molecular formula is C19H31IN4O. The third-order valence-corrected chi connectivity index (χ3v) is 4.84. The number of fused-ring (bicyclic) bond motifs is 1. The van der Waals surface area contributed by atoms with Gasteiger partial charge >= 0.3 is 0 Å². The Morgan fingerprint density at radius 1 is 1.28 bits per heavy atom. The fourth-order valence-corrected chi connectivity index (χ4v) is 3.30. The number of nitrogens with zero attached hydrogens (tertiary/aromatic N) is 2. The van der Waals surface area contributed by atoms with E-state index in [4.69, 9.17) is 4.74 Å². The number of halogens is 1. The number of hydrogen-bond acceptors (Lipinski definition) is 3. The summed E-state index contributed by atoms with van der Waals surface area (Å²) in [6, 6.07) is 7.36. The number of nitrogens with one attached hydrogen (secondary N) is 2. The SMILES string of the molecule is CCN(CCNC(=NC)NCCc1ccc2c(c1)CCO2)C1CC1.I. The summed E-state index contributed by atoms with van der Waals surface area (Å²) in [5.41, 5.74) is 2.70. The van der Waals surface area contributed by atoms with Crippen LogP contribution in [0.25, 0.3) is 0 Å². The van der Waals surface area contributed by atoms with Gasteiger partial charge in [-0.2, -0.15) is 0 Å². The number of likely N-dealkylation sites (N-methyl/N-ethyl adjacent to an activating group) is 1. The van der Waals surface area contributed by atoms with E-state index in [1.54, 1.807) is 0 Å². The Labute approximate surface area is 168 Å². The lowest BCUT2D eigenvalue weighted by atomic mass is 10.1.